The van der Waals surface area contributed by atoms with Crippen LogP contribution >= 0.6 is 0 Å². The van der Waals surface area contributed by atoms with E-state index in [9.17, 15) is 0 Å². The first-order chi connectivity index (χ1) is 8.72. The molecule has 0 aliphatic heterocycles. The van der Waals surface area contributed by atoms with Gasteiger partial charge in [-0.3, -0.25) is 4.68 Å². The quantitative estimate of drug-likeness (QED) is 0.724. The van der Waals surface area contributed by atoms with Gasteiger partial charge < -0.3 is 5.32 Å². The van der Waals surface area contributed by atoms with Crippen LogP contribution in [0.5, 0.6) is 0 Å². The van der Waals surface area contributed by atoms with Gasteiger partial charge in [0, 0.05) is 18.8 Å². The lowest BCUT2D eigenvalue weighted by molar-refractivity contribution is 0.379. The summed E-state index contributed by atoms with van der Waals surface area (Å²) in [6.07, 6.45) is 6.69. The number of nitrogens with one attached hydrogen (secondary N) is 1. The molecule has 0 saturated carbocycles. The fourth-order valence-electron chi connectivity index (χ4n) is 2.23. The van der Waals surface area contributed by atoms with E-state index in [-0.39, 0.29) is 0 Å². The van der Waals surface area contributed by atoms with Crippen molar-refractivity contribution in [3.05, 3.63) is 18.0 Å². The largest absolute Gasteiger partial charge is 0.309 e. The van der Waals surface area contributed by atoms with Crippen LogP contribution < -0.4 is 5.32 Å². The molecule has 0 amide bonds. The minimum atomic E-state index is 0.453. The van der Waals surface area contributed by atoms with E-state index in [0.717, 1.165) is 25.4 Å². The predicted molar refractivity (Wildman–Crippen MR) is 77.6 cm³/mol. The maximum atomic E-state index is 4.44. The molecule has 0 aliphatic rings. The molecule has 0 fully saturated rings. The van der Waals surface area contributed by atoms with Crippen LogP contribution in [0, 0.1) is 5.92 Å². The van der Waals surface area contributed by atoms with Crippen LogP contribution in [-0.2, 0) is 6.54 Å². The van der Waals surface area contributed by atoms with Crippen molar-refractivity contribution in [1.29, 1.82) is 0 Å². The van der Waals surface area contributed by atoms with Crippen LogP contribution in [-0.4, -0.2) is 16.3 Å². The Morgan fingerprint density at radius 1 is 1.28 bits per heavy atom. The highest BCUT2D eigenvalue weighted by molar-refractivity contribution is 5.07. The molecular weight excluding hydrogens is 222 g/mol. The molecular formula is C15H29N3. The Bertz CT molecular complexity index is 319. The van der Waals surface area contributed by atoms with Crippen molar-refractivity contribution in [3.8, 4) is 0 Å². The molecule has 2 unspecified atom stereocenters. The molecule has 18 heavy (non-hydrogen) atoms. The number of nitrogens with zero attached hydrogens (tertiary/aromatic N) is 2. The molecule has 3 heteroatoms. The predicted octanol–water partition coefficient (Wildman–Crippen LogP) is 3.77. The Morgan fingerprint density at radius 3 is 2.67 bits per heavy atom. The fraction of sp³-hybridized carbons (Fsp3) is 0.800. The maximum absolute atomic E-state index is 4.44. The zero-order valence-corrected chi connectivity index (χ0v) is 12.4. The van der Waals surface area contributed by atoms with E-state index >= 15 is 0 Å². The first-order valence-corrected chi connectivity index (χ1v) is 7.47. The third kappa shape index (κ3) is 4.45. The summed E-state index contributed by atoms with van der Waals surface area (Å²) >= 11 is 0. The lowest BCUT2D eigenvalue weighted by Crippen LogP contribution is -2.26. The molecule has 0 aliphatic carbocycles. The SMILES string of the molecule is CCCNC(CC(C)CC)c1ccnn1CCC. The minimum Gasteiger partial charge on any atom is -0.309 e. The van der Waals surface area contributed by atoms with Crippen molar-refractivity contribution < 1.29 is 0 Å². The molecule has 3 nitrogen and oxygen atoms in total. The van der Waals surface area contributed by atoms with Crippen molar-refractivity contribution in [2.24, 2.45) is 5.92 Å². The maximum Gasteiger partial charge on any atom is 0.0553 e. The average Bonchev–Trinajstić information content (AvgIpc) is 2.82. The smallest absolute Gasteiger partial charge is 0.0553 e. The summed E-state index contributed by atoms with van der Waals surface area (Å²) in [7, 11) is 0. The molecule has 1 rings (SSSR count). The van der Waals surface area contributed by atoms with Crippen LogP contribution in [0.3, 0.4) is 0 Å². The van der Waals surface area contributed by atoms with Crippen LogP contribution in [0.15, 0.2) is 12.3 Å². The lowest BCUT2D eigenvalue weighted by atomic mass is 9.97. The van der Waals surface area contributed by atoms with Gasteiger partial charge in [-0.15, -0.1) is 0 Å². The van der Waals surface area contributed by atoms with Crippen molar-refractivity contribution in [3.63, 3.8) is 0 Å². The number of hydrogen-bond donors (Lipinski definition) is 1. The Labute approximate surface area is 112 Å². The number of hydrogen-bond acceptors (Lipinski definition) is 2. The summed E-state index contributed by atoms with van der Waals surface area (Å²) in [6.45, 7) is 11.1. The second kappa shape index (κ2) is 8.30. The third-order valence-electron chi connectivity index (χ3n) is 3.52. The molecule has 0 radical (unpaired) electrons. The topological polar surface area (TPSA) is 29.9 Å². The Hall–Kier alpha value is -0.830. The summed E-state index contributed by atoms with van der Waals surface area (Å²) < 4.78 is 2.16. The van der Waals surface area contributed by atoms with Crippen LogP contribution in [0.25, 0.3) is 0 Å². The summed E-state index contributed by atoms with van der Waals surface area (Å²) in [5, 5.41) is 8.12. The molecule has 0 bridgehead atoms. The van der Waals surface area contributed by atoms with Crippen molar-refractivity contribution >= 4 is 0 Å². The van der Waals surface area contributed by atoms with Gasteiger partial charge in [0.2, 0.25) is 0 Å². The molecule has 2 atom stereocenters. The first-order valence-electron chi connectivity index (χ1n) is 7.47. The molecule has 0 saturated heterocycles. The van der Waals surface area contributed by atoms with E-state index in [1.165, 1.54) is 25.0 Å². The van der Waals surface area contributed by atoms with E-state index in [2.05, 4.69) is 48.9 Å². The van der Waals surface area contributed by atoms with E-state index in [1.54, 1.807) is 0 Å². The second-order valence-corrected chi connectivity index (χ2v) is 5.24. The Kier molecular flexibility index (Phi) is 7.02. The van der Waals surface area contributed by atoms with E-state index in [1.807, 2.05) is 6.20 Å². The summed E-state index contributed by atoms with van der Waals surface area (Å²) in [4.78, 5) is 0. The molecule has 1 aromatic rings. The van der Waals surface area contributed by atoms with Gasteiger partial charge in [-0.25, -0.2) is 0 Å². The number of aryl methyl sites for hydroxylation is 1. The molecule has 1 heterocycles. The lowest BCUT2D eigenvalue weighted by Gasteiger charge is -2.22. The zero-order chi connectivity index (χ0) is 13.4. The van der Waals surface area contributed by atoms with Crippen LogP contribution in [0.4, 0.5) is 0 Å². The summed E-state index contributed by atoms with van der Waals surface area (Å²) in [5.74, 6) is 0.754. The number of aromatic nitrogens is 2. The first kappa shape index (κ1) is 15.2. The van der Waals surface area contributed by atoms with Crippen LogP contribution in [0.1, 0.15) is 65.1 Å². The molecule has 1 aromatic heterocycles. The van der Waals surface area contributed by atoms with Gasteiger partial charge in [-0.2, -0.15) is 5.10 Å². The van der Waals surface area contributed by atoms with Gasteiger partial charge in [-0.1, -0.05) is 34.1 Å². The summed E-state index contributed by atoms with van der Waals surface area (Å²) in [6, 6.07) is 2.62. The highest BCUT2D eigenvalue weighted by Crippen LogP contribution is 2.23. The standard InChI is InChI=1S/C15H29N3/c1-5-9-16-14(12-13(4)7-3)15-8-10-17-18(15)11-6-2/h8,10,13-14,16H,5-7,9,11-12H2,1-4H3. The van der Waals surface area contributed by atoms with E-state index in [0.29, 0.717) is 6.04 Å². The van der Waals surface area contributed by atoms with Gasteiger partial charge in [-0.05, 0) is 37.8 Å². The second-order valence-electron chi connectivity index (χ2n) is 5.24. The fourth-order valence-corrected chi connectivity index (χ4v) is 2.23. The zero-order valence-electron chi connectivity index (χ0n) is 12.4. The van der Waals surface area contributed by atoms with E-state index < -0.39 is 0 Å². The van der Waals surface area contributed by atoms with Crippen LogP contribution in [0.2, 0.25) is 0 Å². The molecule has 104 valence electrons. The van der Waals surface area contributed by atoms with Crippen molar-refractivity contribution in [1.82, 2.24) is 15.1 Å². The Balaban J connectivity index is 2.76. The van der Waals surface area contributed by atoms with E-state index in [4.69, 9.17) is 0 Å². The normalized spacial score (nSPS) is 14.7. The Morgan fingerprint density at radius 2 is 2.06 bits per heavy atom. The average molecular weight is 251 g/mol. The van der Waals surface area contributed by atoms with Gasteiger partial charge in [0.05, 0.1) is 5.69 Å². The minimum absolute atomic E-state index is 0.453. The van der Waals surface area contributed by atoms with Crippen molar-refractivity contribution in [2.45, 2.75) is 66.0 Å². The number of rotatable bonds is 9. The highest BCUT2D eigenvalue weighted by Gasteiger charge is 2.17. The monoisotopic (exact) mass is 251 g/mol. The van der Waals surface area contributed by atoms with Gasteiger partial charge in [0.25, 0.3) is 0 Å². The highest BCUT2D eigenvalue weighted by atomic mass is 15.3. The summed E-state index contributed by atoms with van der Waals surface area (Å²) in [5.41, 5.74) is 1.35. The van der Waals surface area contributed by atoms with Crippen molar-refractivity contribution in [2.75, 3.05) is 6.54 Å². The van der Waals surface area contributed by atoms with Gasteiger partial charge >= 0.3 is 0 Å². The van der Waals surface area contributed by atoms with Gasteiger partial charge in [0.15, 0.2) is 0 Å². The molecule has 0 spiro atoms. The third-order valence-corrected chi connectivity index (χ3v) is 3.52. The molecule has 1 N–H and O–H groups in total. The van der Waals surface area contributed by atoms with Gasteiger partial charge in [0.1, 0.15) is 0 Å². The molecule has 0 aromatic carbocycles.